The first-order chi connectivity index (χ1) is 10.0. The van der Waals surface area contributed by atoms with Gasteiger partial charge in [-0.15, -0.1) is 0 Å². The van der Waals surface area contributed by atoms with Crippen molar-refractivity contribution in [1.82, 2.24) is 10.3 Å². The molecule has 1 N–H and O–H groups in total. The third-order valence-corrected chi connectivity index (χ3v) is 6.02. The zero-order valence-electron chi connectivity index (χ0n) is 13.0. The second kappa shape index (κ2) is 7.36. The average Bonchev–Trinajstić information content (AvgIpc) is 2.79. The highest BCUT2D eigenvalue weighted by Gasteiger charge is 2.29. The molecule has 2 rings (SSSR count). The maximum atomic E-state index is 11.6. The van der Waals surface area contributed by atoms with Crippen molar-refractivity contribution in [3.8, 4) is 0 Å². The van der Waals surface area contributed by atoms with Gasteiger partial charge in [0, 0.05) is 24.4 Å². The van der Waals surface area contributed by atoms with E-state index in [-0.39, 0.29) is 0 Å². The smallest absolute Gasteiger partial charge is 0.150 e. The van der Waals surface area contributed by atoms with Gasteiger partial charge in [0.15, 0.2) is 9.84 Å². The Hall–Kier alpha value is -0.940. The van der Waals surface area contributed by atoms with Crippen molar-refractivity contribution in [2.75, 3.05) is 18.1 Å². The third kappa shape index (κ3) is 5.08. The van der Waals surface area contributed by atoms with Crippen LogP contribution >= 0.6 is 0 Å². The van der Waals surface area contributed by atoms with Gasteiger partial charge in [-0.3, -0.25) is 4.98 Å². The van der Waals surface area contributed by atoms with Crippen LogP contribution in [-0.4, -0.2) is 37.5 Å². The molecule has 1 fully saturated rings. The van der Waals surface area contributed by atoms with E-state index in [2.05, 4.69) is 36.3 Å². The molecule has 5 heteroatoms. The molecule has 1 aliphatic rings. The number of nitrogens with one attached hydrogen (secondary N) is 1. The molecule has 0 radical (unpaired) electrons. The van der Waals surface area contributed by atoms with Gasteiger partial charge in [0.1, 0.15) is 0 Å². The highest BCUT2D eigenvalue weighted by atomic mass is 32.2. The topological polar surface area (TPSA) is 59.1 Å². The lowest BCUT2D eigenvalue weighted by atomic mass is 9.96. The summed E-state index contributed by atoms with van der Waals surface area (Å²) in [7, 11) is -2.78. The molecular weight excluding hydrogens is 284 g/mol. The lowest BCUT2D eigenvalue weighted by Gasteiger charge is -2.20. The summed E-state index contributed by atoms with van der Waals surface area (Å²) in [6.07, 6.45) is 5.55. The molecule has 1 aliphatic heterocycles. The molecule has 1 aromatic heterocycles. The molecule has 2 atom stereocenters. The van der Waals surface area contributed by atoms with Crippen LogP contribution in [0, 0.1) is 5.92 Å². The summed E-state index contributed by atoms with van der Waals surface area (Å²) in [5.41, 5.74) is 2.33. The summed E-state index contributed by atoms with van der Waals surface area (Å²) in [6.45, 7) is 5.11. The fraction of sp³-hybridized carbons (Fsp3) is 0.688. The van der Waals surface area contributed by atoms with Crippen LogP contribution in [0.15, 0.2) is 18.3 Å². The summed E-state index contributed by atoms with van der Waals surface area (Å²) in [6, 6.07) is 4.54. The highest BCUT2D eigenvalue weighted by Crippen LogP contribution is 2.24. The van der Waals surface area contributed by atoms with Gasteiger partial charge >= 0.3 is 0 Å². The van der Waals surface area contributed by atoms with Crippen molar-refractivity contribution in [3.05, 3.63) is 29.6 Å². The Morgan fingerprint density at radius 1 is 1.38 bits per heavy atom. The summed E-state index contributed by atoms with van der Waals surface area (Å²) in [5.74, 6) is 1.02. The number of hydrogen-bond acceptors (Lipinski definition) is 4. The normalized spacial score (nSPS) is 22.3. The monoisotopic (exact) mass is 310 g/mol. The van der Waals surface area contributed by atoms with Crippen molar-refractivity contribution in [3.63, 3.8) is 0 Å². The number of aromatic nitrogens is 1. The molecule has 4 nitrogen and oxygen atoms in total. The molecule has 0 bridgehead atoms. The van der Waals surface area contributed by atoms with E-state index in [1.807, 2.05) is 6.20 Å². The van der Waals surface area contributed by atoms with Crippen molar-refractivity contribution in [2.24, 2.45) is 5.92 Å². The van der Waals surface area contributed by atoms with Crippen LogP contribution in [0.2, 0.25) is 0 Å². The Morgan fingerprint density at radius 2 is 2.19 bits per heavy atom. The molecule has 0 saturated carbocycles. The minimum atomic E-state index is -2.78. The summed E-state index contributed by atoms with van der Waals surface area (Å²) >= 11 is 0. The van der Waals surface area contributed by atoms with Crippen molar-refractivity contribution in [1.29, 1.82) is 0 Å². The Labute approximate surface area is 128 Å². The maximum absolute atomic E-state index is 11.6. The molecular formula is C16H26N2O2S. The standard InChI is InChI=1S/C16H26N2O2S/c1-3-13-5-6-15(18-11-13)10-16(17-4-2)9-14-7-8-21(19,20)12-14/h5-6,11,14,16-17H,3-4,7-10,12H2,1-2H3. The number of hydrogen-bond donors (Lipinski definition) is 1. The van der Waals surface area contributed by atoms with Gasteiger partial charge in [0.25, 0.3) is 0 Å². The number of aryl methyl sites for hydroxylation is 1. The first kappa shape index (κ1) is 16.4. The van der Waals surface area contributed by atoms with Gasteiger partial charge in [0.05, 0.1) is 11.5 Å². The van der Waals surface area contributed by atoms with Crippen molar-refractivity contribution < 1.29 is 8.42 Å². The number of likely N-dealkylation sites (N-methyl/N-ethyl adjacent to an activating group) is 1. The number of nitrogens with zero attached hydrogens (tertiary/aromatic N) is 1. The summed E-state index contributed by atoms with van der Waals surface area (Å²) in [4.78, 5) is 4.52. The predicted molar refractivity (Wildman–Crippen MR) is 86.2 cm³/mol. The molecule has 0 amide bonds. The van der Waals surface area contributed by atoms with Crippen LogP contribution in [0.1, 0.15) is 37.9 Å². The SMILES string of the molecule is CCNC(Cc1ccc(CC)cn1)CC1CCS(=O)(=O)C1. The largest absolute Gasteiger partial charge is 0.314 e. The quantitative estimate of drug-likeness (QED) is 0.837. The van der Waals surface area contributed by atoms with Gasteiger partial charge in [-0.2, -0.15) is 0 Å². The first-order valence-corrected chi connectivity index (χ1v) is 9.72. The fourth-order valence-electron chi connectivity index (χ4n) is 3.03. The van der Waals surface area contributed by atoms with Gasteiger partial charge in [-0.05, 0) is 43.4 Å². The zero-order valence-corrected chi connectivity index (χ0v) is 13.8. The van der Waals surface area contributed by atoms with E-state index in [4.69, 9.17) is 0 Å². The van der Waals surface area contributed by atoms with Gasteiger partial charge < -0.3 is 5.32 Å². The lowest BCUT2D eigenvalue weighted by Crippen LogP contribution is -2.33. The van der Waals surface area contributed by atoms with E-state index >= 15 is 0 Å². The van der Waals surface area contributed by atoms with Gasteiger partial charge in [-0.1, -0.05) is 19.9 Å². The Balaban J connectivity index is 1.95. The van der Waals surface area contributed by atoms with E-state index < -0.39 is 9.84 Å². The number of pyridine rings is 1. The second-order valence-corrected chi connectivity index (χ2v) is 8.20. The van der Waals surface area contributed by atoms with Crippen LogP contribution in [0.5, 0.6) is 0 Å². The van der Waals surface area contributed by atoms with Crippen molar-refractivity contribution >= 4 is 9.84 Å². The Kier molecular flexibility index (Phi) is 5.76. The van der Waals surface area contributed by atoms with Crippen molar-refractivity contribution in [2.45, 2.75) is 45.6 Å². The molecule has 0 aromatic carbocycles. The number of rotatable bonds is 7. The molecule has 21 heavy (non-hydrogen) atoms. The van der Waals surface area contributed by atoms with Gasteiger partial charge in [-0.25, -0.2) is 8.42 Å². The van der Waals surface area contributed by atoms with Gasteiger partial charge in [0.2, 0.25) is 0 Å². The molecule has 1 aromatic rings. The van der Waals surface area contributed by atoms with E-state index in [0.717, 1.165) is 37.9 Å². The van der Waals surface area contributed by atoms with E-state index in [1.165, 1.54) is 5.56 Å². The maximum Gasteiger partial charge on any atom is 0.150 e. The molecule has 0 spiro atoms. The number of sulfone groups is 1. The van der Waals surface area contributed by atoms with Crippen LogP contribution in [0.4, 0.5) is 0 Å². The fourth-order valence-corrected chi connectivity index (χ4v) is 4.91. The molecule has 2 heterocycles. The lowest BCUT2D eigenvalue weighted by molar-refractivity contribution is 0.407. The summed E-state index contributed by atoms with van der Waals surface area (Å²) in [5, 5.41) is 3.48. The van der Waals surface area contributed by atoms with Crippen LogP contribution < -0.4 is 5.32 Å². The minimum Gasteiger partial charge on any atom is -0.314 e. The Bertz CT molecular complexity index is 540. The van der Waals surface area contributed by atoms with Crippen LogP contribution in [-0.2, 0) is 22.7 Å². The Morgan fingerprint density at radius 3 is 2.71 bits per heavy atom. The average molecular weight is 310 g/mol. The molecule has 2 unspecified atom stereocenters. The van der Waals surface area contributed by atoms with E-state index in [9.17, 15) is 8.42 Å². The highest BCUT2D eigenvalue weighted by molar-refractivity contribution is 7.91. The molecule has 118 valence electrons. The van der Waals surface area contributed by atoms with Crippen LogP contribution in [0.25, 0.3) is 0 Å². The van der Waals surface area contributed by atoms with Crippen LogP contribution in [0.3, 0.4) is 0 Å². The zero-order chi connectivity index (χ0) is 15.3. The molecule has 0 aliphatic carbocycles. The minimum absolute atomic E-state index is 0.300. The third-order valence-electron chi connectivity index (χ3n) is 4.19. The summed E-state index contributed by atoms with van der Waals surface area (Å²) < 4.78 is 23.2. The van der Waals surface area contributed by atoms with E-state index in [1.54, 1.807) is 0 Å². The molecule has 1 saturated heterocycles. The van der Waals surface area contributed by atoms with E-state index in [0.29, 0.717) is 23.5 Å². The first-order valence-electron chi connectivity index (χ1n) is 7.90. The predicted octanol–water partition coefficient (Wildman–Crippen LogP) is 1.99. The second-order valence-electron chi connectivity index (χ2n) is 5.97.